The number of hydrogen-bond donors (Lipinski definition) is 1. The normalized spacial score (nSPS) is 18.6. The minimum absolute atomic E-state index is 0.00258. The number of ether oxygens (including phenoxy) is 1. The second-order valence-electron chi connectivity index (χ2n) is 4.89. The first-order valence-corrected chi connectivity index (χ1v) is 8.22. The Hall–Kier alpha value is -1.51. The van der Waals surface area contributed by atoms with E-state index >= 15 is 0 Å². The zero-order valence-electron chi connectivity index (χ0n) is 11.0. The lowest BCUT2D eigenvalue weighted by molar-refractivity contribution is 0.103. The first-order valence-electron chi connectivity index (χ1n) is 6.61. The van der Waals surface area contributed by atoms with Gasteiger partial charge in [0.1, 0.15) is 11.1 Å². The predicted octanol–water partition coefficient (Wildman–Crippen LogP) is 3.05. The predicted molar refractivity (Wildman–Crippen MR) is 84.1 cm³/mol. The third kappa shape index (κ3) is 2.23. The third-order valence-corrected chi connectivity index (χ3v) is 4.90. The maximum absolute atomic E-state index is 6.07. The summed E-state index contributed by atoms with van der Waals surface area (Å²) in [6.07, 6.45) is 2.02. The molecule has 0 saturated carbocycles. The summed E-state index contributed by atoms with van der Waals surface area (Å²) < 4.78 is 8.40. The van der Waals surface area contributed by atoms with Crippen molar-refractivity contribution in [3.05, 3.63) is 28.5 Å². The number of fused-ring (bicyclic) bond motifs is 1. The van der Waals surface area contributed by atoms with Crippen LogP contribution in [0, 0.1) is 0 Å². The first kappa shape index (κ1) is 13.2. The van der Waals surface area contributed by atoms with E-state index in [0.717, 1.165) is 45.3 Å². The molecular weight excluding hydrogens is 354 g/mol. The van der Waals surface area contributed by atoms with E-state index in [2.05, 4.69) is 31.2 Å². The molecule has 6 nitrogen and oxygen atoms in total. The molecule has 21 heavy (non-hydrogen) atoms. The molecule has 1 unspecified atom stereocenters. The molecule has 1 aliphatic heterocycles. The van der Waals surface area contributed by atoms with Crippen LogP contribution in [0.4, 0.5) is 5.69 Å². The molecule has 2 aromatic heterocycles. The Morgan fingerprint density at radius 3 is 3.05 bits per heavy atom. The average Bonchev–Trinajstić information content (AvgIpc) is 3.13. The summed E-state index contributed by atoms with van der Waals surface area (Å²) in [4.78, 5) is 0.762. The zero-order chi connectivity index (χ0) is 14.4. The van der Waals surface area contributed by atoms with E-state index in [-0.39, 0.29) is 6.10 Å². The molecule has 1 fully saturated rings. The van der Waals surface area contributed by atoms with Crippen molar-refractivity contribution in [2.24, 2.45) is 0 Å². The largest absolute Gasteiger partial charge is 0.398 e. The Morgan fingerprint density at radius 2 is 2.29 bits per heavy atom. The molecule has 4 rings (SSSR count). The zero-order valence-corrected chi connectivity index (χ0v) is 13.4. The van der Waals surface area contributed by atoms with Gasteiger partial charge >= 0.3 is 0 Å². The van der Waals surface area contributed by atoms with Crippen molar-refractivity contribution in [3.63, 3.8) is 0 Å². The monoisotopic (exact) mass is 365 g/mol. The average molecular weight is 366 g/mol. The van der Waals surface area contributed by atoms with Gasteiger partial charge in [0.25, 0.3) is 0 Å². The molecule has 8 heteroatoms. The van der Waals surface area contributed by atoms with E-state index in [1.54, 1.807) is 4.52 Å². The number of nitrogens with two attached hydrogens (primary N) is 1. The number of anilines is 1. The Morgan fingerprint density at radius 1 is 1.38 bits per heavy atom. The first-order chi connectivity index (χ1) is 10.2. The van der Waals surface area contributed by atoms with Gasteiger partial charge in [-0.15, -0.1) is 10.2 Å². The minimum atomic E-state index is -0.00258. The maximum Gasteiger partial charge on any atom is 0.235 e. The summed E-state index contributed by atoms with van der Waals surface area (Å²) in [5, 5.41) is 13.9. The minimum Gasteiger partial charge on any atom is -0.398 e. The summed E-state index contributed by atoms with van der Waals surface area (Å²) in [5.74, 6) is 0.778. The topological polar surface area (TPSA) is 78.3 Å². The highest BCUT2D eigenvalue weighted by Gasteiger charge is 2.25. The van der Waals surface area contributed by atoms with Gasteiger partial charge in [0.05, 0.1) is 0 Å². The molecule has 0 radical (unpaired) electrons. The standard InChI is InChI=1S/C13H12BrN5OS/c14-7-3-4-8(9(15)6-7)12-18-19-11(10-2-1-5-20-10)16-17-13(19)21-12/h3-4,6,10H,1-2,5,15H2. The Balaban J connectivity index is 1.80. The molecule has 0 bridgehead atoms. The van der Waals surface area contributed by atoms with E-state index in [1.807, 2.05) is 18.2 Å². The van der Waals surface area contributed by atoms with E-state index in [0.29, 0.717) is 5.69 Å². The highest BCUT2D eigenvalue weighted by Crippen LogP contribution is 2.34. The summed E-state index contributed by atoms with van der Waals surface area (Å²) >= 11 is 4.89. The number of hydrogen-bond acceptors (Lipinski definition) is 6. The van der Waals surface area contributed by atoms with E-state index in [9.17, 15) is 0 Å². The van der Waals surface area contributed by atoms with Crippen LogP contribution in [-0.2, 0) is 4.74 Å². The number of aromatic nitrogens is 4. The number of halogens is 1. The molecule has 3 heterocycles. The molecule has 2 N–H and O–H groups in total. The van der Waals surface area contributed by atoms with Gasteiger partial charge in [-0.25, -0.2) is 0 Å². The van der Waals surface area contributed by atoms with Crippen LogP contribution in [-0.4, -0.2) is 26.4 Å². The van der Waals surface area contributed by atoms with Crippen LogP contribution in [0.2, 0.25) is 0 Å². The number of benzene rings is 1. The van der Waals surface area contributed by atoms with Crippen molar-refractivity contribution in [3.8, 4) is 10.6 Å². The second kappa shape index (κ2) is 5.04. The van der Waals surface area contributed by atoms with Crippen molar-refractivity contribution >= 4 is 37.9 Å². The lowest BCUT2D eigenvalue weighted by atomic mass is 10.2. The molecule has 3 aromatic rings. The highest BCUT2D eigenvalue weighted by molar-refractivity contribution is 9.10. The van der Waals surface area contributed by atoms with Gasteiger partial charge in [-0.05, 0) is 31.0 Å². The SMILES string of the molecule is Nc1cc(Br)ccc1-c1nn2c(C3CCCO3)nnc2s1. The molecule has 0 amide bonds. The summed E-state index contributed by atoms with van der Waals surface area (Å²) in [6, 6.07) is 5.78. The van der Waals surface area contributed by atoms with Gasteiger partial charge in [-0.2, -0.15) is 9.61 Å². The van der Waals surface area contributed by atoms with E-state index in [4.69, 9.17) is 10.5 Å². The third-order valence-electron chi connectivity index (χ3n) is 3.48. The fraction of sp³-hybridized carbons (Fsp3) is 0.308. The van der Waals surface area contributed by atoms with Crippen LogP contribution in [0.5, 0.6) is 0 Å². The fourth-order valence-electron chi connectivity index (χ4n) is 2.45. The van der Waals surface area contributed by atoms with Gasteiger partial charge in [0.15, 0.2) is 5.82 Å². The Kier molecular flexibility index (Phi) is 3.16. The number of rotatable bonds is 2. The van der Waals surface area contributed by atoms with Crippen LogP contribution >= 0.6 is 27.3 Å². The lowest BCUT2D eigenvalue weighted by Gasteiger charge is -2.04. The fourth-order valence-corrected chi connectivity index (χ4v) is 3.72. The van der Waals surface area contributed by atoms with Gasteiger partial charge in [-0.3, -0.25) is 0 Å². The van der Waals surface area contributed by atoms with Crippen molar-refractivity contribution in [1.82, 2.24) is 19.8 Å². The summed E-state index contributed by atoms with van der Waals surface area (Å²) in [5.41, 5.74) is 7.67. The van der Waals surface area contributed by atoms with Crippen LogP contribution in [0.1, 0.15) is 24.8 Å². The van der Waals surface area contributed by atoms with Gasteiger partial charge in [0.2, 0.25) is 4.96 Å². The highest BCUT2D eigenvalue weighted by atomic mass is 79.9. The molecule has 0 aliphatic carbocycles. The Bertz CT molecular complexity index is 808. The van der Waals surface area contributed by atoms with Crippen LogP contribution in [0.15, 0.2) is 22.7 Å². The molecular formula is C13H12BrN5OS. The summed E-state index contributed by atoms with van der Waals surface area (Å²) in [6.45, 7) is 0.774. The van der Waals surface area contributed by atoms with E-state index < -0.39 is 0 Å². The van der Waals surface area contributed by atoms with Crippen molar-refractivity contribution in [1.29, 1.82) is 0 Å². The lowest BCUT2D eigenvalue weighted by Crippen LogP contribution is -2.03. The quantitative estimate of drug-likeness (QED) is 0.706. The van der Waals surface area contributed by atoms with Gasteiger partial charge in [-0.1, -0.05) is 27.3 Å². The number of nitrogen functional groups attached to an aromatic ring is 1. The smallest absolute Gasteiger partial charge is 0.235 e. The second-order valence-corrected chi connectivity index (χ2v) is 6.76. The molecule has 1 aliphatic rings. The van der Waals surface area contributed by atoms with Crippen LogP contribution in [0.25, 0.3) is 15.5 Å². The van der Waals surface area contributed by atoms with Crippen molar-refractivity contribution in [2.45, 2.75) is 18.9 Å². The van der Waals surface area contributed by atoms with Gasteiger partial charge in [0, 0.05) is 22.3 Å². The molecule has 0 spiro atoms. The van der Waals surface area contributed by atoms with Crippen LogP contribution in [0.3, 0.4) is 0 Å². The van der Waals surface area contributed by atoms with Crippen LogP contribution < -0.4 is 5.73 Å². The Labute approximate surface area is 133 Å². The summed E-state index contributed by atoms with van der Waals surface area (Å²) in [7, 11) is 0. The molecule has 1 aromatic carbocycles. The molecule has 1 saturated heterocycles. The van der Waals surface area contributed by atoms with Crippen molar-refractivity contribution in [2.75, 3.05) is 12.3 Å². The van der Waals surface area contributed by atoms with E-state index in [1.165, 1.54) is 11.3 Å². The van der Waals surface area contributed by atoms with Gasteiger partial charge < -0.3 is 10.5 Å². The maximum atomic E-state index is 6.07. The molecule has 108 valence electrons. The molecule has 1 atom stereocenters. The number of nitrogens with zero attached hydrogens (tertiary/aromatic N) is 4. The van der Waals surface area contributed by atoms with Crippen molar-refractivity contribution < 1.29 is 4.74 Å².